The maximum Gasteiger partial charge on any atom is 0.303 e. The molecule has 1 heterocycles. The first-order valence-electron chi connectivity index (χ1n) is 10.1. The Morgan fingerprint density at radius 2 is 1.36 bits per heavy atom. The highest BCUT2D eigenvalue weighted by molar-refractivity contribution is 5.76. The molecular weight excluding hydrogens is 350 g/mol. The number of oxazole rings is 1. The van der Waals surface area contributed by atoms with Gasteiger partial charge in [0.2, 0.25) is 0 Å². The van der Waals surface area contributed by atoms with E-state index in [1.54, 1.807) is 0 Å². The van der Waals surface area contributed by atoms with Gasteiger partial charge < -0.3 is 9.52 Å². The Hall–Kier alpha value is -2.88. The number of carboxylic acids is 1. The lowest BCUT2D eigenvalue weighted by atomic mass is 10.1. The highest BCUT2D eigenvalue weighted by Gasteiger charge is 2.16. The number of carboxylic acid groups (broad SMARTS) is 1. The summed E-state index contributed by atoms with van der Waals surface area (Å²) in [6.45, 7) is 0. The van der Waals surface area contributed by atoms with Crippen LogP contribution in [0.4, 0.5) is 0 Å². The molecule has 146 valence electrons. The minimum atomic E-state index is -0.702. The fraction of sp³-hybridized carbons (Fsp3) is 0.333. The summed E-state index contributed by atoms with van der Waals surface area (Å²) in [5.41, 5.74) is 3.00. The smallest absolute Gasteiger partial charge is 0.303 e. The molecule has 0 atom stereocenters. The van der Waals surface area contributed by atoms with E-state index in [0.717, 1.165) is 73.4 Å². The molecule has 28 heavy (non-hydrogen) atoms. The fourth-order valence-electron chi connectivity index (χ4n) is 3.31. The van der Waals surface area contributed by atoms with Gasteiger partial charge in [0, 0.05) is 24.0 Å². The number of unbranched alkanes of at least 4 members (excludes halogenated alkanes) is 5. The molecule has 0 radical (unpaired) electrons. The molecule has 4 nitrogen and oxygen atoms in total. The van der Waals surface area contributed by atoms with Gasteiger partial charge in [-0.05, 0) is 12.8 Å². The summed E-state index contributed by atoms with van der Waals surface area (Å²) in [4.78, 5) is 15.3. The predicted molar refractivity (Wildman–Crippen MR) is 111 cm³/mol. The average Bonchev–Trinajstić information content (AvgIpc) is 3.15. The van der Waals surface area contributed by atoms with Crippen LogP contribution in [0.15, 0.2) is 65.1 Å². The van der Waals surface area contributed by atoms with Crippen molar-refractivity contribution >= 4 is 5.97 Å². The van der Waals surface area contributed by atoms with Gasteiger partial charge in [-0.2, -0.15) is 0 Å². The molecule has 0 saturated heterocycles. The molecule has 0 spiro atoms. The minimum absolute atomic E-state index is 0.279. The predicted octanol–water partition coefficient (Wildman–Crippen LogP) is 6.37. The number of hydrogen-bond acceptors (Lipinski definition) is 3. The quantitative estimate of drug-likeness (QED) is 0.395. The van der Waals surface area contributed by atoms with Crippen LogP contribution in [0.1, 0.15) is 50.8 Å². The first-order valence-corrected chi connectivity index (χ1v) is 10.1. The highest BCUT2D eigenvalue weighted by Crippen LogP contribution is 2.32. The van der Waals surface area contributed by atoms with Gasteiger partial charge in [-0.1, -0.05) is 86.3 Å². The lowest BCUT2D eigenvalue weighted by molar-refractivity contribution is -0.137. The maximum atomic E-state index is 10.5. The van der Waals surface area contributed by atoms with Gasteiger partial charge in [0.1, 0.15) is 5.69 Å². The Bertz CT molecular complexity index is 799. The van der Waals surface area contributed by atoms with Crippen LogP contribution < -0.4 is 0 Å². The number of aromatic nitrogens is 1. The molecule has 1 aromatic heterocycles. The SMILES string of the molecule is O=C(O)CCCCCCCCc1nc(-c2ccccc2)c(-c2ccccc2)o1. The van der Waals surface area contributed by atoms with Crippen LogP contribution in [-0.2, 0) is 11.2 Å². The zero-order chi connectivity index (χ0) is 19.6. The van der Waals surface area contributed by atoms with Crippen molar-refractivity contribution in [2.45, 2.75) is 51.4 Å². The summed E-state index contributed by atoms with van der Waals surface area (Å²) in [5, 5.41) is 8.65. The third kappa shape index (κ3) is 5.81. The molecule has 0 saturated carbocycles. The molecule has 3 rings (SSSR count). The molecule has 1 N–H and O–H groups in total. The second kappa shape index (κ2) is 10.5. The second-order valence-electron chi connectivity index (χ2n) is 7.03. The van der Waals surface area contributed by atoms with E-state index in [2.05, 4.69) is 12.1 Å². The molecule has 2 aromatic carbocycles. The number of aryl methyl sites for hydroxylation is 1. The Morgan fingerprint density at radius 1 is 0.786 bits per heavy atom. The number of aliphatic carboxylic acids is 1. The standard InChI is InChI=1S/C24H27NO3/c26-22(27)18-12-4-2-1-3-11-17-21-25-23(19-13-7-5-8-14-19)24(28-21)20-15-9-6-10-16-20/h5-10,13-16H,1-4,11-12,17-18H2,(H,26,27). The van der Waals surface area contributed by atoms with Gasteiger partial charge in [-0.25, -0.2) is 4.98 Å². The summed E-state index contributed by atoms with van der Waals surface area (Å²) >= 11 is 0. The summed E-state index contributed by atoms with van der Waals surface area (Å²) in [7, 11) is 0. The monoisotopic (exact) mass is 377 g/mol. The molecule has 0 bridgehead atoms. The van der Waals surface area contributed by atoms with E-state index >= 15 is 0 Å². The van der Waals surface area contributed by atoms with Gasteiger partial charge in [0.15, 0.2) is 11.7 Å². The first kappa shape index (κ1) is 19.9. The van der Waals surface area contributed by atoms with Crippen molar-refractivity contribution in [3.8, 4) is 22.6 Å². The maximum absolute atomic E-state index is 10.5. The Morgan fingerprint density at radius 3 is 2.00 bits per heavy atom. The largest absolute Gasteiger partial charge is 0.481 e. The third-order valence-electron chi connectivity index (χ3n) is 4.79. The molecule has 3 aromatic rings. The van der Waals surface area contributed by atoms with Crippen molar-refractivity contribution < 1.29 is 14.3 Å². The van der Waals surface area contributed by atoms with Crippen molar-refractivity contribution in [3.63, 3.8) is 0 Å². The fourth-order valence-corrected chi connectivity index (χ4v) is 3.31. The van der Waals surface area contributed by atoms with Gasteiger partial charge >= 0.3 is 5.97 Å². The van der Waals surface area contributed by atoms with Crippen molar-refractivity contribution in [2.24, 2.45) is 0 Å². The molecule has 0 amide bonds. The summed E-state index contributed by atoms with van der Waals surface area (Å²) in [6.07, 6.45) is 7.21. The van der Waals surface area contributed by atoms with Crippen LogP contribution in [0.2, 0.25) is 0 Å². The van der Waals surface area contributed by atoms with E-state index < -0.39 is 5.97 Å². The molecule has 0 aliphatic rings. The lowest BCUT2D eigenvalue weighted by Gasteiger charge is -2.01. The average molecular weight is 377 g/mol. The van der Waals surface area contributed by atoms with E-state index in [1.807, 2.05) is 48.5 Å². The van der Waals surface area contributed by atoms with Crippen LogP contribution in [0, 0.1) is 0 Å². The van der Waals surface area contributed by atoms with Crippen LogP contribution in [0.3, 0.4) is 0 Å². The van der Waals surface area contributed by atoms with Crippen LogP contribution in [0.5, 0.6) is 0 Å². The number of nitrogens with zero attached hydrogens (tertiary/aromatic N) is 1. The molecule has 0 aliphatic carbocycles. The number of hydrogen-bond donors (Lipinski definition) is 1. The normalized spacial score (nSPS) is 10.9. The lowest BCUT2D eigenvalue weighted by Crippen LogP contribution is -1.93. The summed E-state index contributed by atoms with van der Waals surface area (Å²) < 4.78 is 6.15. The molecule has 0 aliphatic heterocycles. The molecule has 4 heteroatoms. The van der Waals surface area contributed by atoms with Gasteiger partial charge in [0.05, 0.1) is 0 Å². The van der Waals surface area contributed by atoms with Gasteiger partial charge in [-0.15, -0.1) is 0 Å². The van der Waals surface area contributed by atoms with Gasteiger partial charge in [-0.3, -0.25) is 4.79 Å². The van der Waals surface area contributed by atoms with Crippen molar-refractivity contribution in [2.75, 3.05) is 0 Å². The van der Waals surface area contributed by atoms with Crippen molar-refractivity contribution in [1.82, 2.24) is 4.98 Å². The Kier molecular flexibility index (Phi) is 7.42. The minimum Gasteiger partial charge on any atom is -0.481 e. The van der Waals surface area contributed by atoms with Crippen LogP contribution in [-0.4, -0.2) is 16.1 Å². The Balaban J connectivity index is 1.58. The van der Waals surface area contributed by atoms with Gasteiger partial charge in [0.25, 0.3) is 0 Å². The van der Waals surface area contributed by atoms with E-state index in [-0.39, 0.29) is 6.42 Å². The summed E-state index contributed by atoms with van der Waals surface area (Å²) in [6, 6.07) is 20.3. The molecule has 0 unspecified atom stereocenters. The van der Waals surface area contributed by atoms with Crippen molar-refractivity contribution in [3.05, 3.63) is 66.6 Å². The van der Waals surface area contributed by atoms with E-state index in [9.17, 15) is 4.79 Å². The second-order valence-corrected chi connectivity index (χ2v) is 7.03. The van der Waals surface area contributed by atoms with E-state index in [4.69, 9.17) is 14.5 Å². The van der Waals surface area contributed by atoms with Crippen LogP contribution in [0.25, 0.3) is 22.6 Å². The molecular formula is C24H27NO3. The number of carbonyl (C=O) groups is 1. The van der Waals surface area contributed by atoms with E-state index in [0.29, 0.717) is 0 Å². The Labute approximate surface area is 166 Å². The number of rotatable bonds is 11. The third-order valence-corrected chi connectivity index (χ3v) is 4.79. The highest BCUT2D eigenvalue weighted by atomic mass is 16.4. The summed E-state index contributed by atoms with van der Waals surface area (Å²) in [5.74, 6) is 0.909. The first-order chi connectivity index (χ1) is 13.7. The topological polar surface area (TPSA) is 63.3 Å². The van der Waals surface area contributed by atoms with Crippen molar-refractivity contribution in [1.29, 1.82) is 0 Å². The van der Waals surface area contributed by atoms with Crippen LogP contribution >= 0.6 is 0 Å². The zero-order valence-corrected chi connectivity index (χ0v) is 16.1. The molecule has 0 fully saturated rings. The zero-order valence-electron chi connectivity index (χ0n) is 16.1. The van der Waals surface area contributed by atoms with E-state index in [1.165, 1.54) is 0 Å². The number of benzene rings is 2.